The minimum absolute atomic E-state index is 0.0105. The van der Waals surface area contributed by atoms with Crippen LogP contribution in [0, 0.1) is 11.7 Å². The average molecular weight is 717 g/mol. The van der Waals surface area contributed by atoms with Crippen LogP contribution in [0.3, 0.4) is 0 Å². The zero-order valence-electron chi connectivity index (χ0n) is 27.5. The number of carboxylic acid groups (broad SMARTS) is 1. The summed E-state index contributed by atoms with van der Waals surface area (Å²) < 4.78 is 101. The number of urea groups is 1. The van der Waals surface area contributed by atoms with Crippen molar-refractivity contribution in [3.05, 3.63) is 65.0 Å². The van der Waals surface area contributed by atoms with Crippen LogP contribution in [0.4, 0.5) is 46.0 Å². The van der Waals surface area contributed by atoms with Gasteiger partial charge in [0.15, 0.2) is 0 Å². The van der Waals surface area contributed by atoms with Crippen molar-refractivity contribution in [1.82, 2.24) is 14.7 Å². The van der Waals surface area contributed by atoms with Crippen molar-refractivity contribution >= 4 is 23.7 Å². The van der Waals surface area contributed by atoms with Crippen LogP contribution in [0.15, 0.2) is 42.5 Å². The van der Waals surface area contributed by atoms with Crippen LogP contribution >= 0.6 is 0 Å². The summed E-state index contributed by atoms with van der Waals surface area (Å²) in [6, 6.07) is 4.29. The molecule has 0 unspecified atom stereocenters. The molecular weight excluding hydrogens is 677 g/mol. The van der Waals surface area contributed by atoms with Gasteiger partial charge in [-0.15, -0.1) is 0 Å². The van der Waals surface area contributed by atoms with Gasteiger partial charge in [0.25, 0.3) is 0 Å². The Hall–Kier alpha value is -4.08. The van der Waals surface area contributed by atoms with Crippen LogP contribution in [0.1, 0.15) is 61.1 Å². The molecule has 2 aliphatic heterocycles. The number of halogens is 7. The Kier molecular flexibility index (Phi) is 10.9. The lowest BCUT2D eigenvalue weighted by atomic mass is 9.83. The molecule has 16 heteroatoms. The number of anilines is 1. The molecule has 274 valence electrons. The lowest BCUT2D eigenvalue weighted by molar-refractivity contribution is -0.143. The summed E-state index contributed by atoms with van der Waals surface area (Å²) in [5.74, 6) is -1.69. The van der Waals surface area contributed by atoms with E-state index in [0.29, 0.717) is 74.3 Å². The molecule has 4 amide bonds. The molecule has 2 aromatic carbocycles. The predicted molar refractivity (Wildman–Crippen MR) is 167 cm³/mol. The number of likely N-dealkylation sites (tertiary alicyclic amines) is 1. The molecule has 0 bridgehead atoms. The molecule has 0 radical (unpaired) electrons. The van der Waals surface area contributed by atoms with E-state index in [2.05, 4.69) is 0 Å². The number of rotatable bonds is 6. The van der Waals surface area contributed by atoms with E-state index in [-0.39, 0.29) is 37.1 Å². The van der Waals surface area contributed by atoms with Gasteiger partial charge in [0.05, 0.1) is 17.2 Å². The van der Waals surface area contributed by atoms with Crippen LogP contribution in [-0.4, -0.2) is 96.4 Å². The van der Waals surface area contributed by atoms with E-state index in [0.717, 1.165) is 7.05 Å². The molecule has 2 heterocycles. The van der Waals surface area contributed by atoms with E-state index in [1.54, 1.807) is 4.90 Å². The molecule has 2 aromatic rings. The maximum Gasteiger partial charge on any atom is 0.416 e. The van der Waals surface area contributed by atoms with Crippen molar-refractivity contribution in [2.45, 2.75) is 74.9 Å². The number of carbonyl (C=O) groups is 3. The van der Waals surface area contributed by atoms with Crippen LogP contribution in [-0.2, 0) is 21.9 Å². The van der Waals surface area contributed by atoms with Gasteiger partial charge < -0.3 is 24.5 Å². The number of hydrogen-bond acceptors (Lipinski definition) is 4. The van der Waals surface area contributed by atoms with Gasteiger partial charge in [-0.1, -0.05) is 12.1 Å². The minimum Gasteiger partial charge on any atom is -0.465 e. The van der Waals surface area contributed by atoms with Gasteiger partial charge in [-0.05, 0) is 74.4 Å². The first-order valence-electron chi connectivity index (χ1n) is 16.4. The first-order chi connectivity index (χ1) is 23.5. The number of benzene rings is 2. The lowest BCUT2D eigenvalue weighted by Crippen LogP contribution is -2.51. The van der Waals surface area contributed by atoms with Gasteiger partial charge in [0.2, 0.25) is 5.91 Å². The molecule has 2 saturated heterocycles. The Balaban J connectivity index is 1.34. The molecule has 0 aromatic heterocycles. The first kappa shape index (κ1) is 37.2. The molecule has 1 aliphatic carbocycles. The van der Waals surface area contributed by atoms with Gasteiger partial charge in [-0.25, -0.2) is 14.0 Å². The minimum atomic E-state index is -5.11. The molecule has 3 aliphatic rings. The highest BCUT2D eigenvalue weighted by Gasteiger charge is 2.44. The average Bonchev–Trinajstić information content (AvgIpc) is 3.52. The highest BCUT2D eigenvalue weighted by Crippen LogP contribution is 2.40. The van der Waals surface area contributed by atoms with Crippen LogP contribution < -0.4 is 4.90 Å². The number of hydrogen-bond donors (Lipinski definition) is 1. The van der Waals surface area contributed by atoms with E-state index in [1.165, 1.54) is 41.1 Å². The Morgan fingerprint density at radius 3 is 1.86 bits per heavy atom. The maximum absolute atomic E-state index is 13.9. The second kappa shape index (κ2) is 14.6. The summed E-state index contributed by atoms with van der Waals surface area (Å²) in [6.45, 7) is 1.10. The molecule has 5 rings (SSSR count). The van der Waals surface area contributed by atoms with E-state index in [1.807, 2.05) is 0 Å². The Morgan fingerprint density at radius 2 is 1.34 bits per heavy atom. The zero-order chi connectivity index (χ0) is 36.5. The van der Waals surface area contributed by atoms with Crippen molar-refractivity contribution in [1.29, 1.82) is 0 Å². The summed E-state index contributed by atoms with van der Waals surface area (Å²) in [5, 5.41) is 9.97. The third kappa shape index (κ3) is 8.10. The predicted octanol–water partition coefficient (Wildman–Crippen LogP) is 7.06. The molecular formula is C34H39F7N4O5. The van der Waals surface area contributed by atoms with Crippen LogP contribution in [0.25, 0.3) is 0 Å². The third-order valence-corrected chi connectivity index (χ3v) is 10.2. The van der Waals surface area contributed by atoms with Crippen molar-refractivity contribution < 1.29 is 55.0 Å². The van der Waals surface area contributed by atoms with Gasteiger partial charge in [0.1, 0.15) is 5.82 Å². The van der Waals surface area contributed by atoms with Crippen LogP contribution in [0.5, 0.6) is 0 Å². The quantitative estimate of drug-likeness (QED) is 0.323. The number of nitrogens with zero attached hydrogens (tertiary/aromatic N) is 4. The Morgan fingerprint density at radius 1 is 0.800 bits per heavy atom. The Bertz CT molecular complexity index is 1510. The van der Waals surface area contributed by atoms with Gasteiger partial charge in [0, 0.05) is 70.0 Å². The van der Waals surface area contributed by atoms with Crippen molar-refractivity contribution in [3.8, 4) is 0 Å². The van der Waals surface area contributed by atoms with Crippen molar-refractivity contribution in [3.63, 3.8) is 0 Å². The summed E-state index contributed by atoms with van der Waals surface area (Å²) >= 11 is 0. The topological polar surface area (TPSA) is 93.6 Å². The molecule has 2 atom stereocenters. The fourth-order valence-corrected chi connectivity index (χ4v) is 7.45. The summed E-state index contributed by atoms with van der Waals surface area (Å²) in [4.78, 5) is 44.7. The standard InChI is InChI=1S/C34H39F7N4O5/c1-42(27-16-22(33(36,37)38)15-23(17-27)34(39,40)41)31(47)43(2)29-19-44(18-28(29)20-3-7-24(35)8-4-20)30(46)21-5-9-25(10-6-21)45(32(48)49)26-11-13-50-14-12-26/h3-4,7-8,15-17,21,25-26,28-29H,5-6,9-14,18-19H2,1-2H3,(H,48,49)/t21-,25-,28-,29+/m0/s1. The molecule has 50 heavy (non-hydrogen) atoms. The number of carbonyl (C=O) groups excluding carboxylic acids is 2. The monoisotopic (exact) mass is 716 g/mol. The van der Waals surface area contributed by atoms with Crippen molar-refractivity contribution in [2.75, 3.05) is 45.3 Å². The SMILES string of the molecule is CN(C(=O)N(C)[C@@H]1CN(C(=O)[C@H]2CC[C@H](N(C(=O)O)C3CCOCC3)CC2)C[C@H]1c1ccc(F)cc1)c1cc(C(F)(F)F)cc(C(F)(F)F)c1. The number of ether oxygens (including phenoxy) is 1. The molecule has 1 saturated carbocycles. The summed E-state index contributed by atoms with van der Waals surface area (Å²) in [7, 11) is 2.42. The highest BCUT2D eigenvalue weighted by molar-refractivity contribution is 5.92. The molecule has 9 nitrogen and oxygen atoms in total. The second-order valence-electron chi connectivity index (χ2n) is 13.2. The molecule has 1 N–H and O–H groups in total. The number of amides is 4. The smallest absolute Gasteiger partial charge is 0.416 e. The second-order valence-corrected chi connectivity index (χ2v) is 13.2. The van der Waals surface area contributed by atoms with Gasteiger partial charge in [-0.2, -0.15) is 26.3 Å². The zero-order valence-corrected chi connectivity index (χ0v) is 27.5. The van der Waals surface area contributed by atoms with Crippen molar-refractivity contribution in [2.24, 2.45) is 5.92 Å². The van der Waals surface area contributed by atoms with Crippen LogP contribution in [0.2, 0.25) is 0 Å². The number of likely N-dealkylation sites (N-methyl/N-ethyl adjacent to an activating group) is 1. The fourth-order valence-electron chi connectivity index (χ4n) is 7.45. The fraction of sp³-hybridized carbons (Fsp3) is 0.559. The Labute approximate surface area is 284 Å². The lowest BCUT2D eigenvalue weighted by Gasteiger charge is -2.41. The normalized spacial score (nSPS) is 23.4. The largest absolute Gasteiger partial charge is 0.465 e. The first-order valence-corrected chi connectivity index (χ1v) is 16.4. The highest BCUT2D eigenvalue weighted by atomic mass is 19.4. The van der Waals surface area contributed by atoms with Gasteiger partial charge in [-0.3, -0.25) is 9.69 Å². The molecule has 3 fully saturated rings. The van der Waals surface area contributed by atoms with E-state index >= 15 is 0 Å². The third-order valence-electron chi connectivity index (χ3n) is 10.2. The number of alkyl halides is 6. The van der Waals surface area contributed by atoms with Gasteiger partial charge >= 0.3 is 24.5 Å². The summed E-state index contributed by atoms with van der Waals surface area (Å²) in [5.41, 5.74) is -3.17. The van der Waals surface area contributed by atoms with E-state index < -0.39 is 65.0 Å². The van der Waals surface area contributed by atoms with E-state index in [9.17, 15) is 50.2 Å². The van der Waals surface area contributed by atoms with E-state index in [4.69, 9.17) is 4.74 Å². The molecule has 0 spiro atoms. The summed E-state index contributed by atoms with van der Waals surface area (Å²) in [6.07, 6.45) is -8.18. The maximum atomic E-state index is 13.9.